The molecule has 138 valence electrons. The second-order valence-electron chi connectivity index (χ2n) is 7.60. The summed E-state index contributed by atoms with van der Waals surface area (Å²) in [5, 5.41) is 4.41. The van der Waals surface area contributed by atoms with Crippen molar-refractivity contribution in [3.63, 3.8) is 0 Å². The van der Waals surface area contributed by atoms with Gasteiger partial charge in [-0.1, -0.05) is 0 Å². The number of fused-ring (bicyclic) bond motifs is 1. The summed E-state index contributed by atoms with van der Waals surface area (Å²) in [6.07, 6.45) is 1.57. The van der Waals surface area contributed by atoms with Gasteiger partial charge in [0.2, 0.25) is 0 Å². The molecule has 0 saturated carbocycles. The topological polar surface area (TPSA) is 99.7 Å². The van der Waals surface area contributed by atoms with Crippen LogP contribution in [0.3, 0.4) is 0 Å². The third-order valence-electron chi connectivity index (χ3n) is 4.51. The third kappa shape index (κ3) is 3.78. The molecule has 0 radical (unpaired) electrons. The number of aromatic nitrogens is 2. The number of ether oxygens (including phenoxy) is 2. The van der Waals surface area contributed by atoms with Crippen LogP contribution in [0.2, 0.25) is 0 Å². The van der Waals surface area contributed by atoms with Gasteiger partial charge >= 0.3 is 6.09 Å². The predicted molar refractivity (Wildman–Crippen MR) is 91.2 cm³/mol. The summed E-state index contributed by atoms with van der Waals surface area (Å²) >= 11 is 0. The van der Waals surface area contributed by atoms with Gasteiger partial charge in [-0.15, -0.1) is 0 Å². The van der Waals surface area contributed by atoms with E-state index in [1.54, 1.807) is 4.90 Å². The molecule has 2 aliphatic heterocycles. The normalized spacial score (nSPS) is 18.8. The molecule has 0 aromatic carbocycles. The zero-order chi connectivity index (χ0) is 18.2. The number of rotatable bonds is 1. The average Bonchev–Trinajstić information content (AvgIpc) is 2.90. The first-order chi connectivity index (χ1) is 11.8. The van der Waals surface area contributed by atoms with Crippen molar-refractivity contribution in [3.8, 4) is 0 Å². The molecule has 8 heteroatoms. The average molecular weight is 350 g/mol. The monoisotopic (exact) mass is 350 g/mol. The molecular weight excluding hydrogens is 324 g/mol. The molecule has 0 bridgehead atoms. The van der Waals surface area contributed by atoms with E-state index in [4.69, 9.17) is 15.2 Å². The smallest absolute Gasteiger partial charge is 0.410 e. The van der Waals surface area contributed by atoms with Gasteiger partial charge in [0.25, 0.3) is 5.91 Å². The molecule has 0 unspecified atom stereocenters. The van der Waals surface area contributed by atoms with Crippen molar-refractivity contribution in [1.29, 1.82) is 0 Å². The van der Waals surface area contributed by atoms with Crippen LogP contribution in [-0.4, -0.2) is 52.0 Å². The molecule has 1 saturated heterocycles. The van der Waals surface area contributed by atoms with Gasteiger partial charge in [0.05, 0.1) is 12.2 Å². The van der Waals surface area contributed by atoms with Gasteiger partial charge in [-0.05, 0) is 40.0 Å². The summed E-state index contributed by atoms with van der Waals surface area (Å²) in [4.78, 5) is 26.6. The minimum Gasteiger partial charge on any atom is -0.444 e. The fourth-order valence-corrected chi connectivity index (χ4v) is 3.18. The molecule has 1 aromatic heterocycles. The van der Waals surface area contributed by atoms with E-state index < -0.39 is 5.60 Å². The van der Waals surface area contributed by atoms with Crippen LogP contribution in [0, 0.1) is 5.92 Å². The number of hydrogen-bond acceptors (Lipinski definition) is 6. The van der Waals surface area contributed by atoms with E-state index in [0.29, 0.717) is 57.1 Å². The van der Waals surface area contributed by atoms with Gasteiger partial charge < -0.3 is 20.1 Å². The summed E-state index contributed by atoms with van der Waals surface area (Å²) in [5.74, 6) is 0.203. The largest absolute Gasteiger partial charge is 0.444 e. The van der Waals surface area contributed by atoms with E-state index in [1.807, 2.05) is 20.8 Å². The lowest BCUT2D eigenvalue weighted by molar-refractivity contribution is 0.0221. The van der Waals surface area contributed by atoms with Crippen LogP contribution in [0.4, 0.5) is 10.6 Å². The maximum Gasteiger partial charge on any atom is 0.410 e. The number of carbonyl (C=O) groups excluding carboxylic acids is 2. The summed E-state index contributed by atoms with van der Waals surface area (Å²) in [7, 11) is 0. The van der Waals surface area contributed by atoms with E-state index in [9.17, 15) is 9.59 Å². The highest BCUT2D eigenvalue weighted by Gasteiger charge is 2.32. The van der Waals surface area contributed by atoms with Gasteiger partial charge in [-0.25, -0.2) is 4.79 Å². The van der Waals surface area contributed by atoms with Crippen LogP contribution >= 0.6 is 0 Å². The van der Waals surface area contributed by atoms with Crippen molar-refractivity contribution in [2.24, 2.45) is 5.92 Å². The van der Waals surface area contributed by atoms with E-state index in [0.717, 1.165) is 5.56 Å². The van der Waals surface area contributed by atoms with Crippen molar-refractivity contribution >= 4 is 17.8 Å². The Morgan fingerprint density at radius 3 is 2.60 bits per heavy atom. The lowest BCUT2D eigenvalue weighted by Gasteiger charge is -2.29. The van der Waals surface area contributed by atoms with E-state index in [1.165, 1.54) is 4.68 Å². The minimum atomic E-state index is -0.547. The highest BCUT2D eigenvalue weighted by Crippen LogP contribution is 2.27. The Morgan fingerprint density at radius 2 is 1.96 bits per heavy atom. The Labute approximate surface area is 147 Å². The molecule has 8 nitrogen and oxygen atoms in total. The standard InChI is InChI=1S/C17H26N4O4/c1-17(2,3)25-16(23)20-7-4-12-13(10-20)19-21(14(12)18)15(22)11-5-8-24-9-6-11/h11H,4-10,18H2,1-3H3. The first-order valence-electron chi connectivity index (χ1n) is 8.72. The van der Waals surface area contributed by atoms with Crippen molar-refractivity contribution in [3.05, 3.63) is 11.3 Å². The first-order valence-corrected chi connectivity index (χ1v) is 8.72. The maximum absolute atomic E-state index is 12.7. The highest BCUT2D eigenvalue weighted by atomic mass is 16.6. The summed E-state index contributed by atoms with van der Waals surface area (Å²) < 4.78 is 12.0. The Hall–Kier alpha value is -2.09. The van der Waals surface area contributed by atoms with E-state index >= 15 is 0 Å². The van der Waals surface area contributed by atoms with Crippen LogP contribution in [0.5, 0.6) is 0 Å². The summed E-state index contributed by atoms with van der Waals surface area (Å²) in [6.45, 7) is 7.48. The Morgan fingerprint density at radius 1 is 1.28 bits per heavy atom. The molecule has 0 atom stereocenters. The number of hydrogen-bond donors (Lipinski definition) is 1. The quantitative estimate of drug-likeness (QED) is 0.829. The molecule has 2 N–H and O–H groups in total. The Bertz CT molecular complexity index is 671. The maximum atomic E-state index is 12.7. The summed E-state index contributed by atoms with van der Waals surface area (Å²) in [5.41, 5.74) is 7.16. The zero-order valence-corrected chi connectivity index (χ0v) is 15.1. The van der Waals surface area contributed by atoms with Crippen LogP contribution in [0.25, 0.3) is 0 Å². The molecule has 0 spiro atoms. The van der Waals surface area contributed by atoms with Crippen LogP contribution in [-0.2, 0) is 22.4 Å². The number of anilines is 1. The number of nitrogens with two attached hydrogens (primary N) is 1. The molecule has 25 heavy (non-hydrogen) atoms. The first kappa shape index (κ1) is 17.7. The molecular formula is C17H26N4O4. The van der Waals surface area contributed by atoms with Crippen LogP contribution < -0.4 is 5.73 Å². The van der Waals surface area contributed by atoms with Gasteiger partial charge in [0.1, 0.15) is 11.4 Å². The number of nitrogens with zero attached hydrogens (tertiary/aromatic N) is 3. The second kappa shape index (κ2) is 6.67. The molecule has 3 rings (SSSR count). The van der Waals surface area contributed by atoms with Crippen molar-refractivity contribution in [2.45, 2.75) is 52.2 Å². The third-order valence-corrected chi connectivity index (χ3v) is 4.51. The summed E-state index contributed by atoms with van der Waals surface area (Å²) in [6, 6.07) is 0. The van der Waals surface area contributed by atoms with E-state index in [-0.39, 0.29) is 17.9 Å². The molecule has 1 fully saturated rings. The lowest BCUT2D eigenvalue weighted by atomic mass is 9.99. The van der Waals surface area contributed by atoms with Gasteiger partial charge in [0.15, 0.2) is 0 Å². The van der Waals surface area contributed by atoms with Gasteiger partial charge in [-0.2, -0.15) is 9.78 Å². The minimum absolute atomic E-state index is 0.0842. The van der Waals surface area contributed by atoms with Crippen LogP contribution in [0.1, 0.15) is 49.7 Å². The number of carbonyl (C=O) groups is 2. The highest BCUT2D eigenvalue weighted by molar-refractivity contribution is 5.84. The van der Waals surface area contributed by atoms with Crippen molar-refractivity contribution in [2.75, 3.05) is 25.5 Å². The Balaban J connectivity index is 1.75. The molecule has 0 aliphatic carbocycles. The lowest BCUT2D eigenvalue weighted by Crippen LogP contribution is -2.39. The van der Waals surface area contributed by atoms with Crippen LogP contribution in [0.15, 0.2) is 0 Å². The van der Waals surface area contributed by atoms with E-state index in [2.05, 4.69) is 5.10 Å². The fourth-order valence-electron chi connectivity index (χ4n) is 3.18. The number of nitrogen functional groups attached to an aromatic ring is 1. The van der Waals surface area contributed by atoms with Gasteiger partial charge in [-0.3, -0.25) is 4.79 Å². The molecule has 2 aliphatic rings. The molecule has 1 aromatic rings. The predicted octanol–water partition coefficient (Wildman–Crippen LogP) is 1.83. The fraction of sp³-hybridized carbons (Fsp3) is 0.706. The second-order valence-corrected chi connectivity index (χ2v) is 7.60. The van der Waals surface area contributed by atoms with Crippen molar-refractivity contribution < 1.29 is 19.1 Å². The Kier molecular flexibility index (Phi) is 4.73. The molecule has 3 heterocycles. The van der Waals surface area contributed by atoms with Gasteiger partial charge in [0, 0.05) is 31.2 Å². The van der Waals surface area contributed by atoms with Crippen molar-refractivity contribution in [1.82, 2.24) is 14.7 Å². The zero-order valence-electron chi connectivity index (χ0n) is 15.1. The molecule has 1 amide bonds. The number of amides is 1. The SMILES string of the molecule is CC(C)(C)OC(=O)N1CCc2c(nn(C(=O)C3CCOCC3)c2N)C1.